The number of aliphatic hydroxyl groups excluding tert-OH is 1. The Morgan fingerprint density at radius 2 is 1.85 bits per heavy atom. The zero-order valence-electron chi connectivity index (χ0n) is 12.1. The fraction of sp³-hybridized carbons (Fsp3) is 0.562. The maximum absolute atomic E-state index is 9.55. The summed E-state index contributed by atoms with van der Waals surface area (Å²) in [5.41, 5.74) is 0.986. The summed E-state index contributed by atoms with van der Waals surface area (Å²) in [4.78, 5) is 2.13. The van der Waals surface area contributed by atoms with Gasteiger partial charge in [-0.3, -0.25) is 4.90 Å². The Labute approximate surface area is 120 Å². The first-order chi connectivity index (χ1) is 9.60. The van der Waals surface area contributed by atoms with Crippen LogP contribution in [0.15, 0.2) is 24.3 Å². The van der Waals surface area contributed by atoms with Crippen molar-refractivity contribution in [2.45, 2.75) is 44.9 Å². The minimum Gasteiger partial charge on any atom is -0.491 e. The van der Waals surface area contributed by atoms with Crippen LogP contribution in [-0.2, 0) is 0 Å². The molecule has 1 N–H and O–H groups in total. The smallest absolute Gasteiger partial charge is 0.123 e. The molecule has 1 atom stereocenters. The molecule has 20 heavy (non-hydrogen) atoms. The minimum atomic E-state index is -0.240. The monoisotopic (exact) mass is 274 g/mol. The van der Waals surface area contributed by atoms with Crippen molar-refractivity contribution in [1.29, 1.82) is 5.26 Å². The summed E-state index contributed by atoms with van der Waals surface area (Å²) in [6.07, 6.45) is 1.42. The van der Waals surface area contributed by atoms with E-state index in [0.717, 1.165) is 37.2 Å². The van der Waals surface area contributed by atoms with Crippen LogP contribution < -0.4 is 4.74 Å². The third kappa shape index (κ3) is 3.72. The van der Waals surface area contributed by atoms with Gasteiger partial charge in [-0.1, -0.05) is 12.1 Å². The number of aliphatic hydroxyl groups is 1. The largest absolute Gasteiger partial charge is 0.491 e. The van der Waals surface area contributed by atoms with E-state index in [1.54, 1.807) is 0 Å². The number of hydrogen-bond donors (Lipinski definition) is 1. The highest BCUT2D eigenvalue weighted by atomic mass is 16.5. The van der Waals surface area contributed by atoms with Gasteiger partial charge in [-0.25, -0.2) is 0 Å². The van der Waals surface area contributed by atoms with E-state index in [-0.39, 0.29) is 18.2 Å². The van der Waals surface area contributed by atoms with Crippen molar-refractivity contribution in [2.75, 3.05) is 13.1 Å². The third-order valence-electron chi connectivity index (χ3n) is 3.55. The Kier molecular flexibility index (Phi) is 4.99. The Morgan fingerprint density at radius 3 is 2.35 bits per heavy atom. The van der Waals surface area contributed by atoms with Gasteiger partial charge in [0.2, 0.25) is 0 Å². The highest BCUT2D eigenvalue weighted by molar-refractivity contribution is 5.32. The average Bonchev–Trinajstić information content (AvgIpc) is 2.43. The fourth-order valence-corrected chi connectivity index (χ4v) is 2.51. The number of rotatable bonds is 4. The van der Waals surface area contributed by atoms with Gasteiger partial charge in [-0.05, 0) is 44.4 Å². The standard InChI is InChI=1S/C16H22N2O2/c1-12(2)20-15-5-3-13(4-6-15)16(11-17)18-9-7-14(19)8-10-18/h3-6,12,14,16,19H,7-10H2,1-2H3. The number of piperidine rings is 1. The van der Waals surface area contributed by atoms with Crippen molar-refractivity contribution < 1.29 is 9.84 Å². The summed E-state index contributed by atoms with van der Waals surface area (Å²) >= 11 is 0. The molecule has 1 aliphatic heterocycles. The van der Waals surface area contributed by atoms with E-state index in [2.05, 4.69) is 11.0 Å². The Balaban J connectivity index is 2.06. The number of nitrogens with zero attached hydrogens (tertiary/aromatic N) is 2. The lowest BCUT2D eigenvalue weighted by molar-refractivity contribution is 0.0716. The number of ether oxygens (including phenoxy) is 1. The number of nitriles is 1. The molecule has 2 rings (SSSR count). The van der Waals surface area contributed by atoms with Gasteiger partial charge in [0.25, 0.3) is 0 Å². The molecule has 1 aromatic carbocycles. The first kappa shape index (κ1) is 14.8. The van der Waals surface area contributed by atoms with E-state index < -0.39 is 0 Å². The second kappa shape index (κ2) is 6.74. The van der Waals surface area contributed by atoms with Crippen molar-refractivity contribution >= 4 is 0 Å². The van der Waals surface area contributed by atoms with Gasteiger partial charge >= 0.3 is 0 Å². The van der Waals surface area contributed by atoms with Crippen LogP contribution in [0.4, 0.5) is 0 Å². The van der Waals surface area contributed by atoms with Crippen LogP contribution in [-0.4, -0.2) is 35.3 Å². The average molecular weight is 274 g/mol. The molecule has 0 saturated carbocycles. The molecule has 1 aromatic rings. The van der Waals surface area contributed by atoms with Crippen molar-refractivity contribution in [3.05, 3.63) is 29.8 Å². The lowest BCUT2D eigenvalue weighted by Crippen LogP contribution is -2.38. The molecular weight excluding hydrogens is 252 g/mol. The maximum atomic E-state index is 9.55. The molecule has 0 amide bonds. The molecule has 0 spiro atoms. The molecule has 4 heteroatoms. The first-order valence-corrected chi connectivity index (χ1v) is 7.18. The van der Waals surface area contributed by atoms with Gasteiger partial charge in [-0.15, -0.1) is 0 Å². The summed E-state index contributed by atoms with van der Waals surface area (Å²) in [6.45, 7) is 5.52. The molecule has 0 bridgehead atoms. The predicted octanol–water partition coefficient (Wildman–Crippen LogP) is 2.50. The van der Waals surface area contributed by atoms with E-state index >= 15 is 0 Å². The maximum Gasteiger partial charge on any atom is 0.123 e. The first-order valence-electron chi connectivity index (χ1n) is 7.18. The normalized spacial score (nSPS) is 18.8. The van der Waals surface area contributed by atoms with Crippen LogP contribution in [0, 0.1) is 11.3 Å². The summed E-state index contributed by atoms with van der Waals surface area (Å²) in [5.74, 6) is 0.828. The summed E-state index contributed by atoms with van der Waals surface area (Å²) < 4.78 is 5.61. The molecule has 1 unspecified atom stereocenters. The number of benzene rings is 1. The molecule has 1 fully saturated rings. The molecule has 0 radical (unpaired) electrons. The molecular formula is C16H22N2O2. The zero-order chi connectivity index (χ0) is 14.5. The Hall–Kier alpha value is -1.57. The van der Waals surface area contributed by atoms with Gasteiger partial charge in [0.15, 0.2) is 0 Å². The van der Waals surface area contributed by atoms with Gasteiger partial charge < -0.3 is 9.84 Å². The quantitative estimate of drug-likeness (QED) is 0.916. The summed E-state index contributed by atoms with van der Waals surface area (Å²) in [7, 11) is 0. The molecule has 0 aliphatic carbocycles. The lowest BCUT2D eigenvalue weighted by atomic mass is 10.0. The van der Waals surface area contributed by atoms with Crippen LogP contribution >= 0.6 is 0 Å². The van der Waals surface area contributed by atoms with Crippen molar-refractivity contribution in [1.82, 2.24) is 4.90 Å². The third-order valence-corrected chi connectivity index (χ3v) is 3.55. The van der Waals surface area contributed by atoms with Gasteiger partial charge in [0, 0.05) is 13.1 Å². The SMILES string of the molecule is CC(C)Oc1ccc(C(C#N)N2CCC(O)CC2)cc1. The highest BCUT2D eigenvalue weighted by Crippen LogP contribution is 2.26. The molecule has 0 aromatic heterocycles. The number of likely N-dealkylation sites (tertiary alicyclic amines) is 1. The van der Waals surface area contributed by atoms with E-state index in [9.17, 15) is 10.4 Å². The van der Waals surface area contributed by atoms with Crippen LogP contribution in [0.3, 0.4) is 0 Å². The van der Waals surface area contributed by atoms with Crippen molar-refractivity contribution in [3.8, 4) is 11.8 Å². The number of hydrogen-bond acceptors (Lipinski definition) is 4. The van der Waals surface area contributed by atoms with E-state index in [0.29, 0.717) is 0 Å². The molecule has 1 aliphatic rings. The molecule has 4 nitrogen and oxygen atoms in total. The molecule has 1 heterocycles. The van der Waals surface area contributed by atoms with Gasteiger partial charge in [-0.2, -0.15) is 5.26 Å². The Bertz CT molecular complexity index is 456. The van der Waals surface area contributed by atoms with Crippen LogP contribution in [0.2, 0.25) is 0 Å². The molecule has 108 valence electrons. The van der Waals surface area contributed by atoms with Crippen LogP contribution in [0.25, 0.3) is 0 Å². The lowest BCUT2D eigenvalue weighted by Gasteiger charge is -2.33. The van der Waals surface area contributed by atoms with Gasteiger partial charge in [0.05, 0.1) is 18.3 Å². The van der Waals surface area contributed by atoms with Crippen LogP contribution in [0.1, 0.15) is 38.3 Å². The Morgan fingerprint density at radius 1 is 1.25 bits per heavy atom. The predicted molar refractivity (Wildman–Crippen MR) is 77.4 cm³/mol. The van der Waals surface area contributed by atoms with Crippen molar-refractivity contribution in [3.63, 3.8) is 0 Å². The van der Waals surface area contributed by atoms with E-state index in [1.165, 1.54) is 0 Å². The summed E-state index contributed by atoms with van der Waals surface area (Å²) in [6, 6.07) is 9.87. The van der Waals surface area contributed by atoms with Crippen molar-refractivity contribution in [2.24, 2.45) is 0 Å². The summed E-state index contributed by atoms with van der Waals surface area (Å²) in [5, 5.41) is 19.0. The van der Waals surface area contributed by atoms with Gasteiger partial charge in [0.1, 0.15) is 11.8 Å². The van der Waals surface area contributed by atoms with E-state index in [1.807, 2.05) is 38.1 Å². The zero-order valence-corrected chi connectivity index (χ0v) is 12.1. The fourth-order valence-electron chi connectivity index (χ4n) is 2.51. The highest BCUT2D eigenvalue weighted by Gasteiger charge is 2.25. The topological polar surface area (TPSA) is 56.5 Å². The molecule has 1 saturated heterocycles. The minimum absolute atomic E-state index is 0.149. The van der Waals surface area contributed by atoms with E-state index in [4.69, 9.17) is 4.74 Å². The second-order valence-corrected chi connectivity index (χ2v) is 5.53. The van der Waals surface area contributed by atoms with Crippen LogP contribution in [0.5, 0.6) is 5.75 Å². The second-order valence-electron chi connectivity index (χ2n) is 5.53.